The highest BCUT2D eigenvalue weighted by atomic mass is 32.2. The smallest absolute Gasteiger partial charge is 0.283 e. The van der Waals surface area contributed by atoms with Crippen LogP contribution in [0.3, 0.4) is 0 Å². The fourth-order valence-electron chi connectivity index (χ4n) is 4.10. The van der Waals surface area contributed by atoms with Crippen molar-refractivity contribution in [1.29, 1.82) is 5.41 Å². The minimum absolute atomic E-state index is 0.0895. The summed E-state index contributed by atoms with van der Waals surface area (Å²) in [4.78, 5) is 18.8. The van der Waals surface area contributed by atoms with Crippen molar-refractivity contribution in [2.24, 2.45) is 4.99 Å². The van der Waals surface area contributed by atoms with E-state index >= 15 is 0 Å². The molecule has 2 heterocycles. The molecule has 1 N–H and O–H groups in total. The molecule has 5 rings (SSSR count). The van der Waals surface area contributed by atoms with Crippen molar-refractivity contribution in [3.05, 3.63) is 100 Å². The number of hydrogen-bond donors (Lipinski definition) is 1. The quantitative estimate of drug-likeness (QED) is 0.266. The lowest BCUT2D eigenvalue weighted by atomic mass is 10.1. The lowest BCUT2D eigenvalue weighted by molar-refractivity contribution is -0.114. The van der Waals surface area contributed by atoms with E-state index in [1.165, 1.54) is 11.8 Å². The van der Waals surface area contributed by atoms with Crippen molar-refractivity contribution < 1.29 is 19.0 Å². The SMILES string of the molecule is CCOc1cc(/C=C2/C(=N)N3C(c4ccccc4)=CSC3=NC2=O)ccc1OCCOc1cccc(C)c1. The minimum Gasteiger partial charge on any atom is -0.490 e. The summed E-state index contributed by atoms with van der Waals surface area (Å²) in [5.41, 5.74) is 3.83. The normalized spacial score (nSPS) is 15.7. The molecule has 0 radical (unpaired) electrons. The van der Waals surface area contributed by atoms with Gasteiger partial charge in [0, 0.05) is 5.41 Å². The maximum absolute atomic E-state index is 12.9. The van der Waals surface area contributed by atoms with E-state index in [1.54, 1.807) is 23.1 Å². The number of hydrogen-bond acceptors (Lipinski definition) is 6. The van der Waals surface area contributed by atoms with Gasteiger partial charge in [-0.25, -0.2) is 0 Å². The average molecular weight is 526 g/mol. The van der Waals surface area contributed by atoms with Gasteiger partial charge in [-0.3, -0.25) is 15.1 Å². The standard InChI is InChI=1S/C30H27N3O4S/c1-3-35-27-18-21(12-13-26(27)37-15-14-36-23-11-7-8-20(2)16-23)17-24-28(31)33-25(22-9-5-4-6-10-22)19-38-30(33)32-29(24)34/h4-13,16-19,31H,3,14-15H2,1-2H3/b24-17-,31-28?. The summed E-state index contributed by atoms with van der Waals surface area (Å²) in [7, 11) is 0. The first-order valence-electron chi connectivity index (χ1n) is 12.3. The van der Waals surface area contributed by atoms with E-state index in [4.69, 9.17) is 19.6 Å². The van der Waals surface area contributed by atoms with Gasteiger partial charge in [0.05, 0.1) is 17.9 Å². The molecule has 1 amide bonds. The zero-order valence-corrected chi connectivity index (χ0v) is 22.0. The Morgan fingerprint density at radius 2 is 1.76 bits per heavy atom. The highest BCUT2D eigenvalue weighted by Crippen LogP contribution is 2.37. The van der Waals surface area contributed by atoms with Crippen molar-refractivity contribution in [2.45, 2.75) is 13.8 Å². The van der Waals surface area contributed by atoms with Crippen LogP contribution in [0.4, 0.5) is 0 Å². The number of nitrogens with zero attached hydrogens (tertiary/aromatic N) is 2. The molecule has 0 aliphatic carbocycles. The van der Waals surface area contributed by atoms with Gasteiger partial charge < -0.3 is 14.2 Å². The second kappa shape index (κ2) is 11.4. The maximum Gasteiger partial charge on any atom is 0.283 e. The van der Waals surface area contributed by atoms with Gasteiger partial charge in [0.25, 0.3) is 5.91 Å². The first kappa shape index (κ1) is 25.4. The maximum atomic E-state index is 12.9. The zero-order chi connectivity index (χ0) is 26.5. The molecule has 0 atom stereocenters. The van der Waals surface area contributed by atoms with E-state index < -0.39 is 5.91 Å². The molecule has 0 fully saturated rings. The van der Waals surface area contributed by atoms with Gasteiger partial charge in [-0.15, -0.1) is 0 Å². The van der Waals surface area contributed by atoms with Crippen LogP contribution in [0.1, 0.15) is 23.6 Å². The van der Waals surface area contributed by atoms with Gasteiger partial charge in [0.15, 0.2) is 16.7 Å². The lowest BCUT2D eigenvalue weighted by Crippen LogP contribution is -2.38. The fourth-order valence-corrected chi connectivity index (χ4v) is 4.99. The van der Waals surface area contributed by atoms with Gasteiger partial charge in [-0.1, -0.05) is 60.3 Å². The van der Waals surface area contributed by atoms with Crippen molar-refractivity contribution in [3.63, 3.8) is 0 Å². The summed E-state index contributed by atoms with van der Waals surface area (Å²) < 4.78 is 17.5. The molecule has 0 aromatic heterocycles. The molecule has 3 aromatic rings. The summed E-state index contributed by atoms with van der Waals surface area (Å²) in [6.07, 6.45) is 1.67. The molecule has 0 bridgehead atoms. The molecule has 3 aromatic carbocycles. The van der Waals surface area contributed by atoms with Gasteiger partial charge >= 0.3 is 0 Å². The number of rotatable bonds is 9. The van der Waals surface area contributed by atoms with Crippen LogP contribution in [-0.4, -0.2) is 41.6 Å². The van der Waals surface area contributed by atoms with Gasteiger partial charge in [0.2, 0.25) is 0 Å². The molecule has 192 valence electrons. The van der Waals surface area contributed by atoms with Crippen LogP contribution in [-0.2, 0) is 4.79 Å². The number of amides is 1. The predicted molar refractivity (Wildman–Crippen MR) is 152 cm³/mol. The first-order valence-corrected chi connectivity index (χ1v) is 13.2. The Balaban J connectivity index is 1.32. The monoisotopic (exact) mass is 525 g/mol. The van der Waals surface area contributed by atoms with E-state index in [-0.39, 0.29) is 11.4 Å². The number of carbonyl (C=O) groups excluding carboxylic acids is 1. The molecular formula is C30H27N3O4S. The molecule has 2 aliphatic rings. The van der Waals surface area contributed by atoms with E-state index in [0.717, 1.165) is 22.6 Å². The van der Waals surface area contributed by atoms with E-state index in [9.17, 15) is 4.79 Å². The second-order valence-corrected chi connectivity index (χ2v) is 9.42. The van der Waals surface area contributed by atoms with E-state index in [1.807, 2.05) is 79.9 Å². The molecule has 0 saturated heterocycles. The molecule has 0 spiro atoms. The lowest BCUT2D eigenvalue weighted by Gasteiger charge is -2.27. The van der Waals surface area contributed by atoms with E-state index in [0.29, 0.717) is 42.1 Å². The summed E-state index contributed by atoms with van der Waals surface area (Å²) in [6.45, 7) is 5.10. The first-order chi connectivity index (χ1) is 18.5. The summed E-state index contributed by atoms with van der Waals surface area (Å²) in [5.74, 6) is 1.58. The number of thioether (sulfide) groups is 1. The van der Waals surface area contributed by atoms with E-state index in [2.05, 4.69) is 4.99 Å². The molecule has 7 nitrogen and oxygen atoms in total. The predicted octanol–water partition coefficient (Wildman–Crippen LogP) is 6.16. The van der Waals surface area contributed by atoms with Crippen LogP contribution in [0, 0.1) is 12.3 Å². The van der Waals surface area contributed by atoms with Crippen LogP contribution < -0.4 is 14.2 Å². The minimum atomic E-state index is -0.442. The van der Waals surface area contributed by atoms with Crippen LogP contribution in [0.15, 0.2) is 88.8 Å². The Morgan fingerprint density at radius 3 is 2.55 bits per heavy atom. The molecule has 0 saturated carbocycles. The number of ether oxygens (including phenoxy) is 3. The number of fused-ring (bicyclic) bond motifs is 1. The zero-order valence-electron chi connectivity index (χ0n) is 21.1. The summed E-state index contributed by atoms with van der Waals surface area (Å²) in [5, 5.41) is 11.2. The molecule has 8 heteroatoms. The third-order valence-corrected chi connectivity index (χ3v) is 6.69. The number of amidine groups is 2. The van der Waals surface area contributed by atoms with Gasteiger partial charge in [-0.05, 0) is 60.9 Å². The van der Waals surface area contributed by atoms with Crippen molar-refractivity contribution in [3.8, 4) is 17.2 Å². The summed E-state index contributed by atoms with van der Waals surface area (Å²) >= 11 is 1.34. The average Bonchev–Trinajstić information content (AvgIpc) is 3.34. The van der Waals surface area contributed by atoms with Crippen molar-refractivity contribution in [2.75, 3.05) is 19.8 Å². The number of aryl methyl sites for hydroxylation is 1. The number of aliphatic imine (C=N–C) groups is 1. The molecular weight excluding hydrogens is 498 g/mol. The number of nitrogens with one attached hydrogen (secondary N) is 1. The molecule has 38 heavy (non-hydrogen) atoms. The number of carbonyl (C=O) groups is 1. The Morgan fingerprint density at radius 1 is 0.947 bits per heavy atom. The Labute approximate surface area is 225 Å². The van der Waals surface area contributed by atoms with Crippen LogP contribution in [0.5, 0.6) is 17.2 Å². The Bertz CT molecular complexity index is 1460. The second-order valence-electron chi connectivity index (χ2n) is 8.58. The topological polar surface area (TPSA) is 84.2 Å². The summed E-state index contributed by atoms with van der Waals surface area (Å²) in [6, 6.07) is 23.1. The largest absolute Gasteiger partial charge is 0.490 e. The van der Waals surface area contributed by atoms with Crippen LogP contribution in [0.2, 0.25) is 0 Å². The highest BCUT2D eigenvalue weighted by molar-refractivity contribution is 8.17. The van der Waals surface area contributed by atoms with Crippen molar-refractivity contribution in [1.82, 2.24) is 4.90 Å². The third kappa shape index (κ3) is 5.50. The Hall–Kier alpha value is -4.30. The Kier molecular flexibility index (Phi) is 7.60. The molecule has 0 unspecified atom stereocenters. The van der Waals surface area contributed by atoms with Crippen LogP contribution in [0.25, 0.3) is 11.8 Å². The highest BCUT2D eigenvalue weighted by Gasteiger charge is 2.36. The van der Waals surface area contributed by atoms with Crippen LogP contribution >= 0.6 is 11.8 Å². The van der Waals surface area contributed by atoms with Gasteiger partial charge in [0.1, 0.15) is 24.8 Å². The third-order valence-electron chi connectivity index (χ3n) is 5.86. The van der Waals surface area contributed by atoms with Crippen molar-refractivity contribution >= 4 is 40.4 Å². The molecule has 2 aliphatic heterocycles. The number of benzene rings is 3. The van der Waals surface area contributed by atoms with Gasteiger partial charge in [-0.2, -0.15) is 4.99 Å². The fraction of sp³-hybridized carbons (Fsp3) is 0.167.